The Labute approximate surface area is 148 Å². The largest absolute Gasteiger partial charge is 0.445 e. The molecule has 0 spiro atoms. The van der Waals surface area contributed by atoms with E-state index in [-0.39, 0.29) is 5.91 Å². The number of ether oxygens (including phenoxy) is 1. The maximum absolute atomic E-state index is 12.9. The van der Waals surface area contributed by atoms with Gasteiger partial charge in [0, 0.05) is 20.0 Å². The van der Waals surface area contributed by atoms with E-state index in [1.807, 2.05) is 30.3 Å². The number of esters is 1. The van der Waals surface area contributed by atoms with Crippen molar-refractivity contribution in [3.8, 4) is 0 Å². The van der Waals surface area contributed by atoms with E-state index in [0.717, 1.165) is 18.4 Å². The second kappa shape index (κ2) is 7.09. The minimum atomic E-state index is -1.13. The van der Waals surface area contributed by atoms with E-state index >= 15 is 0 Å². The molecule has 0 aromatic heterocycles. The summed E-state index contributed by atoms with van der Waals surface area (Å²) in [5.41, 5.74) is 1.55. The van der Waals surface area contributed by atoms with Crippen molar-refractivity contribution >= 4 is 11.9 Å². The third-order valence-corrected chi connectivity index (χ3v) is 4.68. The molecule has 0 saturated carbocycles. The van der Waals surface area contributed by atoms with Gasteiger partial charge < -0.3 is 9.64 Å². The lowest BCUT2D eigenvalue weighted by atomic mass is 9.89. The minimum absolute atomic E-state index is 0.150. The zero-order chi connectivity index (χ0) is 17.9. The summed E-state index contributed by atoms with van der Waals surface area (Å²) in [4.78, 5) is 26.8. The summed E-state index contributed by atoms with van der Waals surface area (Å²) in [5, 5.41) is 0. The number of cyclic esters (lactones) is 1. The fourth-order valence-electron chi connectivity index (χ4n) is 3.32. The molecular weight excluding hydrogens is 314 g/mol. The number of fused-ring (bicyclic) bond motifs is 1. The topological polar surface area (TPSA) is 46.6 Å². The normalized spacial score (nSPS) is 19.0. The molecule has 25 heavy (non-hydrogen) atoms. The lowest BCUT2D eigenvalue weighted by Gasteiger charge is -2.36. The summed E-state index contributed by atoms with van der Waals surface area (Å²) in [6.45, 7) is 2.33. The van der Waals surface area contributed by atoms with E-state index in [4.69, 9.17) is 4.74 Å². The number of rotatable bonds is 5. The molecule has 4 nitrogen and oxygen atoms in total. The molecular formula is C21H23NO3. The van der Waals surface area contributed by atoms with Crippen LogP contribution >= 0.6 is 0 Å². The Morgan fingerprint density at radius 1 is 1.12 bits per heavy atom. The Bertz CT molecular complexity index is 772. The van der Waals surface area contributed by atoms with E-state index in [1.165, 1.54) is 5.56 Å². The van der Waals surface area contributed by atoms with E-state index in [9.17, 15) is 9.59 Å². The standard InChI is InChI=1S/C21H23NO3/c1-21(15-17-12-6-7-13-18(17)19(23)25-21)20(24)22(2)14-8-11-16-9-4-3-5-10-16/h3-7,9-10,12-13H,8,11,14-15H2,1-2H3. The van der Waals surface area contributed by atoms with Gasteiger partial charge in [0.15, 0.2) is 5.60 Å². The molecule has 1 heterocycles. The molecule has 0 radical (unpaired) electrons. The van der Waals surface area contributed by atoms with Gasteiger partial charge in [-0.3, -0.25) is 4.79 Å². The molecule has 4 heteroatoms. The molecule has 1 aliphatic heterocycles. The molecule has 2 aromatic rings. The molecule has 0 aliphatic carbocycles. The molecule has 0 fully saturated rings. The van der Waals surface area contributed by atoms with Gasteiger partial charge in [0.1, 0.15) is 0 Å². The number of hydrogen-bond donors (Lipinski definition) is 0. The van der Waals surface area contributed by atoms with Crippen molar-refractivity contribution in [2.45, 2.75) is 31.8 Å². The lowest BCUT2D eigenvalue weighted by Crippen LogP contribution is -2.52. The van der Waals surface area contributed by atoms with Gasteiger partial charge >= 0.3 is 5.97 Å². The van der Waals surface area contributed by atoms with Gasteiger partial charge in [-0.05, 0) is 37.0 Å². The van der Waals surface area contributed by atoms with Crippen LogP contribution in [0.4, 0.5) is 0 Å². The van der Waals surface area contributed by atoms with Crippen LogP contribution in [0.15, 0.2) is 54.6 Å². The van der Waals surface area contributed by atoms with Crippen LogP contribution in [-0.2, 0) is 22.4 Å². The highest BCUT2D eigenvalue weighted by Crippen LogP contribution is 2.29. The predicted molar refractivity (Wildman–Crippen MR) is 96.4 cm³/mol. The first-order chi connectivity index (χ1) is 12.0. The van der Waals surface area contributed by atoms with Gasteiger partial charge in [-0.15, -0.1) is 0 Å². The molecule has 3 rings (SSSR count). The zero-order valence-corrected chi connectivity index (χ0v) is 14.7. The molecule has 1 aliphatic rings. The van der Waals surface area contributed by atoms with E-state index in [2.05, 4.69) is 12.1 Å². The molecule has 2 aromatic carbocycles. The Hall–Kier alpha value is -2.62. The van der Waals surface area contributed by atoms with Gasteiger partial charge in [-0.1, -0.05) is 48.5 Å². The van der Waals surface area contributed by atoms with Crippen molar-refractivity contribution in [3.05, 3.63) is 71.3 Å². The number of carbonyl (C=O) groups is 2. The predicted octanol–water partition coefficient (Wildman–Crippen LogP) is 3.25. The fourth-order valence-corrected chi connectivity index (χ4v) is 3.32. The Balaban J connectivity index is 1.63. The molecule has 0 saturated heterocycles. The first-order valence-electron chi connectivity index (χ1n) is 8.60. The average molecular weight is 337 g/mol. The number of likely N-dealkylation sites (N-methyl/N-ethyl adjacent to an activating group) is 1. The van der Waals surface area contributed by atoms with Crippen molar-refractivity contribution in [1.29, 1.82) is 0 Å². The summed E-state index contributed by atoms with van der Waals surface area (Å²) in [7, 11) is 1.77. The Morgan fingerprint density at radius 3 is 2.56 bits per heavy atom. The molecule has 1 atom stereocenters. The van der Waals surface area contributed by atoms with E-state index in [1.54, 1.807) is 31.0 Å². The van der Waals surface area contributed by atoms with Gasteiger partial charge in [-0.25, -0.2) is 4.79 Å². The Kier molecular flexibility index (Phi) is 4.88. The SMILES string of the molecule is CN(CCCc1ccccc1)C(=O)C1(C)Cc2ccccc2C(=O)O1. The van der Waals surface area contributed by atoms with Crippen molar-refractivity contribution in [1.82, 2.24) is 4.90 Å². The maximum Gasteiger partial charge on any atom is 0.339 e. The van der Waals surface area contributed by atoms with Crippen LogP contribution in [0.3, 0.4) is 0 Å². The highest BCUT2D eigenvalue weighted by Gasteiger charge is 2.43. The smallest absolute Gasteiger partial charge is 0.339 e. The molecule has 130 valence electrons. The summed E-state index contributed by atoms with van der Waals surface area (Å²) in [6, 6.07) is 17.5. The fraction of sp³-hybridized carbons (Fsp3) is 0.333. The number of aryl methyl sites for hydroxylation is 1. The van der Waals surface area contributed by atoms with Gasteiger partial charge in [0.05, 0.1) is 5.56 Å². The lowest BCUT2D eigenvalue weighted by molar-refractivity contribution is -0.149. The summed E-state index contributed by atoms with van der Waals surface area (Å²) < 4.78 is 5.52. The maximum atomic E-state index is 12.9. The van der Waals surface area contributed by atoms with Crippen LogP contribution in [0.1, 0.15) is 34.8 Å². The van der Waals surface area contributed by atoms with Crippen molar-refractivity contribution in [3.63, 3.8) is 0 Å². The Morgan fingerprint density at radius 2 is 1.80 bits per heavy atom. The van der Waals surface area contributed by atoms with Crippen LogP contribution < -0.4 is 0 Å². The first kappa shape index (κ1) is 17.2. The van der Waals surface area contributed by atoms with Crippen molar-refractivity contribution in [2.75, 3.05) is 13.6 Å². The first-order valence-corrected chi connectivity index (χ1v) is 8.60. The van der Waals surface area contributed by atoms with Crippen molar-refractivity contribution in [2.24, 2.45) is 0 Å². The summed E-state index contributed by atoms with van der Waals surface area (Å²) >= 11 is 0. The highest BCUT2D eigenvalue weighted by atomic mass is 16.6. The number of carbonyl (C=O) groups excluding carboxylic acids is 2. The van der Waals surface area contributed by atoms with Crippen LogP contribution in [-0.4, -0.2) is 36.0 Å². The van der Waals surface area contributed by atoms with Crippen molar-refractivity contribution < 1.29 is 14.3 Å². The van der Waals surface area contributed by atoms with Gasteiger partial charge in [-0.2, -0.15) is 0 Å². The minimum Gasteiger partial charge on any atom is -0.445 e. The van der Waals surface area contributed by atoms with Crippen LogP contribution in [0, 0.1) is 0 Å². The quantitative estimate of drug-likeness (QED) is 0.787. The van der Waals surface area contributed by atoms with E-state index in [0.29, 0.717) is 18.5 Å². The third kappa shape index (κ3) is 3.73. The van der Waals surface area contributed by atoms with Gasteiger partial charge in [0.2, 0.25) is 0 Å². The molecule has 1 unspecified atom stereocenters. The number of nitrogens with zero attached hydrogens (tertiary/aromatic N) is 1. The second-order valence-electron chi connectivity index (χ2n) is 6.77. The average Bonchev–Trinajstić information content (AvgIpc) is 2.62. The summed E-state index contributed by atoms with van der Waals surface area (Å²) in [5.74, 6) is -0.571. The molecule has 0 bridgehead atoms. The third-order valence-electron chi connectivity index (χ3n) is 4.68. The van der Waals surface area contributed by atoms with Crippen LogP contribution in [0.2, 0.25) is 0 Å². The molecule has 1 amide bonds. The van der Waals surface area contributed by atoms with E-state index < -0.39 is 11.6 Å². The zero-order valence-electron chi connectivity index (χ0n) is 14.7. The highest BCUT2D eigenvalue weighted by molar-refractivity contribution is 5.97. The number of hydrogen-bond acceptors (Lipinski definition) is 3. The second-order valence-corrected chi connectivity index (χ2v) is 6.77. The summed E-state index contributed by atoms with van der Waals surface area (Å²) in [6.07, 6.45) is 2.20. The number of benzene rings is 2. The van der Waals surface area contributed by atoms with Crippen LogP contribution in [0.5, 0.6) is 0 Å². The monoisotopic (exact) mass is 337 g/mol. The van der Waals surface area contributed by atoms with Gasteiger partial charge in [0.25, 0.3) is 5.91 Å². The number of amides is 1. The molecule has 0 N–H and O–H groups in total. The van der Waals surface area contributed by atoms with Crippen LogP contribution in [0.25, 0.3) is 0 Å².